The SMILES string of the molecule is CCC(C)(CNS(=O)(=O)c1cc(C#N)ccc1C)C(=O)O. The van der Waals surface area contributed by atoms with E-state index in [-0.39, 0.29) is 17.0 Å². The lowest BCUT2D eigenvalue weighted by Gasteiger charge is -2.23. The van der Waals surface area contributed by atoms with Crippen molar-refractivity contribution >= 4 is 16.0 Å². The Bertz CT molecular complexity index is 691. The average molecular weight is 310 g/mol. The third-order valence-electron chi connectivity index (χ3n) is 3.56. The summed E-state index contributed by atoms with van der Waals surface area (Å²) in [4.78, 5) is 11.2. The highest BCUT2D eigenvalue weighted by Gasteiger charge is 2.33. The fraction of sp³-hybridized carbons (Fsp3) is 0.429. The van der Waals surface area contributed by atoms with Crippen molar-refractivity contribution in [2.75, 3.05) is 6.54 Å². The van der Waals surface area contributed by atoms with Crippen LogP contribution in [0.5, 0.6) is 0 Å². The van der Waals surface area contributed by atoms with Crippen LogP contribution in [-0.4, -0.2) is 26.0 Å². The molecule has 1 aromatic rings. The van der Waals surface area contributed by atoms with Crippen LogP contribution >= 0.6 is 0 Å². The molecule has 0 saturated heterocycles. The minimum Gasteiger partial charge on any atom is -0.481 e. The van der Waals surface area contributed by atoms with E-state index in [0.717, 1.165) is 0 Å². The Labute approximate surface area is 124 Å². The molecule has 2 N–H and O–H groups in total. The summed E-state index contributed by atoms with van der Waals surface area (Å²) in [6.07, 6.45) is 0.294. The Morgan fingerprint density at radius 3 is 2.57 bits per heavy atom. The Balaban J connectivity index is 3.09. The second-order valence-electron chi connectivity index (χ2n) is 5.14. The number of nitrogens with zero attached hydrogens (tertiary/aromatic N) is 1. The van der Waals surface area contributed by atoms with Gasteiger partial charge < -0.3 is 5.11 Å². The number of benzene rings is 1. The summed E-state index contributed by atoms with van der Waals surface area (Å²) in [6, 6.07) is 6.24. The summed E-state index contributed by atoms with van der Waals surface area (Å²) < 4.78 is 26.9. The van der Waals surface area contributed by atoms with Crippen molar-refractivity contribution in [3.8, 4) is 6.07 Å². The normalized spacial score (nSPS) is 14.2. The Morgan fingerprint density at radius 1 is 1.48 bits per heavy atom. The highest BCUT2D eigenvalue weighted by molar-refractivity contribution is 7.89. The first-order chi connectivity index (χ1) is 9.66. The number of carbonyl (C=O) groups is 1. The second kappa shape index (κ2) is 6.24. The molecule has 7 heteroatoms. The van der Waals surface area contributed by atoms with E-state index in [1.54, 1.807) is 19.9 Å². The average Bonchev–Trinajstić information content (AvgIpc) is 2.45. The molecule has 0 aromatic heterocycles. The number of rotatable bonds is 6. The fourth-order valence-electron chi connectivity index (χ4n) is 1.64. The molecule has 0 aliphatic rings. The molecule has 1 rings (SSSR count). The van der Waals surface area contributed by atoms with Crippen molar-refractivity contribution in [1.82, 2.24) is 4.72 Å². The van der Waals surface area contributed by atoms with Gasteiger partial charge in [-0.1, -0.05) is 13.0 Å². The maximum Gasteiger partial charge on any atom is 0.310 e. The van der Waals surface area contributed by atoms with Gasteiger partial charge in [0.15, 0.2) is 0 Å². The van der Waals surface area contributed by atoms with E-state index in [0.29, 0.717) is 12.0 Å². The number of hydrogen-bond donors (Lipinski definition) is 2. The van der Waals surface area contributed by atoms with E-state index >= 15 is 0 Å². The topological polar surface area (TPSA) is 107 Å². The van der Waals surface area contributed by atoms with E-state index in [2.05, 4.69) is 4.72 Å². The molecule has 6 nitrogen and oxygen atoms in total. The second-order valence-corrected chi connectivity index (χ2v) is 6.87. The molecular weight excluding hydrogens is 292 g/mol. The minimum absolute atomic E-state index is 0.00890. The lowest BCUT2D eigenvalue weighted by Crippen LogP contribution is -2.40. The van der Waals surface area contributed by atoms with E-state index < -0.39 is 21.4 Å². The summed E-state index contributed by atoms with van der Waals surface area (Å²) in [5, 5.41) is 18.0. The maximum absolute atomic E-state index is 12.3. The van der Waals surface area contributed by atoms with Crippen LogP contribution in [-0.2, 0) is 14.8 Å². The molecule has 0 heterocycles. The van der Waals surface area contributed by atoms with Crippen LogP contribution in [0.2, 0.25) is 0 Å². The largest absolute Gasteiger partial charge is 0.481 e. The Kier molecular flexibility index (Phi) is 5.10. The van der Waals surface area contributed by atoms with Crippen molar-refractivity contribution in [2.45, 2.75) is 32.1 Å². The van der Waals surface area contributed by atoms with Crippen LogP contribution in [0.4, 0.5) is 0 Å². The number of nitrogens with one attached hydrogen (secondary N) is 1. The van der Waals surface area contributed by atoms with Crippen LogP contribution in [0.15, 0.2) is 23.1 Å². The van der Waals surface area contributed by atoms with Crippen LogP contribution in [0.25, 0.3) is 0 Å². The smallest absolute Gasteiger partial charge is 0.310 e. The molecule has 0 spiro atoms. The first kappa shape index (κ1) is 17.1. The molecule has 0 amide bonds. The monoisotopic (exact) mass is 310 g/mol. The highest BCUT2D eigenvalue weighted by atomic mass is 32.2. The number of sulfonamides is 1. The van der Waals surface area contributed by atoms with Gasteiger partial charge in [-0.2, -0.15) is 5.26 Å². The molecule has 0 radical (unpaired) electrons. The number of aryl methyl sites for hydroxylation is 1. The summed E-state index contributed by atoms with van der Waals surface area (Å²) in [5.41, 5.74) is -0.444. The molecule has 0 aliphatic heterocycles. The van der Waals surface area contributed by atoms with Gasteiger partial charge in [0, 0.05) is 6.54 Å². The zero-order valence-corrected chi connectivity index (χ0v) is 13.0. The summed E-state index contributed by atoms with van der Waals surface area (Å²) in [5.74, 6) is -1.06. The lowest BCUT2D eigenvalue weighted by molar-refractivity contribution is -0.147. The number of carboxylic acids is 1. The molecule has 1 atom stereocenters. The van der Waals surface area contributed by atoms with E-state index in [4.69, 9.17) is 10.4 Å². The lowest BCUT2D eigenvalue weighted by atomic mass is 9.88. The third-order valence-corrected chi connectivity index (χ3v) is 5.10. The van der Waals surface area contributed by atoms with Gasteiger partial charge in [-0.05, 0) is 38.0 Å². The van der Waals surface area contributed by atoms with Crippen LogP contribution in [0, 0.1) is 23.7 Å². The predicted molar refractivity (Wildman–Crippen MR) is 77.1 cm³/mol. The maximum atomic E-state index is 12.3. The highest BCUT2D eigenvalue weighted by Crippen LogP contribution is 2.22. The predicted octanol–water partition coefficient (Wildman–Crippen LogP) is 1.65. The quantitative estimate of drug-likeness (QED) is 0.830. The summed E-state index contributed by atoms with van der Waals surface area (Å²) in [7, 11) is -3.86. The first-order valence-electron chi connectivity index (χ1n) is 6.40. The number of hydrogen-bond acceptors (Lipinski definition) is 4. The van der Waals surface area contributed by atoms with Crippen molar-refractivity contribution in [1.29, 1.82) is 5.26 Å². The zero-order valence-electron chi connectivity index (χ0n) is 12.2. The Hall–Kier alpha value is -1.91. The van der Waals surface area contributed by atoms with Crippen molar-refractivity contribution in [3.05, 3.63) is 29.3 Å². The first-order valence-corrected chi connectivity index (χ1v) is 7.88. The molecular formula is C14H18N2O4S. The Morgan fingerprint density at radius 2 is 2.10 bits per heavy atom. The fourth-order valence-corrected chi connectivity index (χ4v) is 3.08. The van der Waals surface area contributed by atoms with Crippen molar-refractivity contribution < 1.29 is 18.3 Å². The van der Waals surface area contributed by atoms with Gasteiger partial charge in [0.05, 0.1) is 21.9 Å². The van der Waals surface area contributed by atoms with E-state index in [9.17, 15) is 13.2 Å². The van der Waals surface area contributed by atoms with Gasteiger partial charge >= 0.3 is 5.97 Å². The van der Waals surface area contributed by atoms with Crippen molar-refractivity contribution in [2.24, 2.45) is 5.41 Å². The van der Waals surface area contributed by atoms with Crippen LogP contribution in [0.3, 0.4) is 0 Å². The minimum atomic E-state index is -3.86. The number of nitriles is 1. The van der Waals surface area contributed by atoms with E-state index in [1.807, 2.05) is 6.07 Å². The molecule has 0 bridgehead atoms. The van der Waals surface area contributed by atoms with Crippen LogP contribution in [0.1, 0.15) is 31.4 Å². The molecule has 0 aliphatic carbocycles. The third kappa shape index (κ3) is 3.80. The standard InChI is InChI=1S/C14H18N2O4S/c1-4-14(3,13(17)18)9-16-21(19,20)12-7-11(8-15)6-5-10(12)2/h5-7,16H,4,9H2,1-3H3,(H,17,18). The summed E-state index contributed by atoms with van der Waals surface area (Å²) in [6.45, 7) is 4.57. The van der Waals surface area contributed by atoms with Gasteiger partial charge in [-0.3, -0.25) is 4.79 Å². The molecule has 1 aromatic carbocycles. The summed E-state index contributed by atoms with van der Waals surface area (Å²) >= 11 is 0. The molecule has 0 saturated carbocycles. The van der Waals surface area contributed by atoms with E-state index in [1.165, 1.54) is 19.1 Å². The van der Waals surface area contributed by atoms with Crippen LogP contribution < -0.4 is 4.72 Å². The van der Waals surface area contributed by atoms with Gasteiger partial charge in [0.1, 0.15) is 0 Å². The van der Waals surface area contributed by atoms with Gasteiger partial charge in [-0.15, -0.1) is 0 Å². The molecule has 1 unspecified atom stereocenters. The molecule has 21 heavy (non-hydrogen) atoms. The number of aliphatic carboxylic acids is 1. The van der Waals surface area contributed by atoms with Gasteiger partial charge in [0.25, 0.3) is 0 Å². The van der Waals surface area contributed by atoms with Gasteiger partial charge in [-0.25, -0.2) is 13.1 Å². The number of carboxylic acid groups (broad SMARTS) is 1. The molecule has 0 fully saturated rings. The zero-order chi connectivity index (χ0) is 16.3. The molecule has 114 valence electrons. The van der Waals surface area contributed by atoms with Gasteiger partial charge in [0.2, 0.25) is 10.0 Å². The van der Waals surface area contributed by atoms with Crippen molar-refractivity contribution in [3.63, 3.8) is 0 Å².